The van der Waals surface area contributed by atoms with E-state index in [0.29, 0.717) is 41.6 Å². The molecule has 9 nitrogen and oxygen atoms in total. The van der Waals surface area contributed by atoms with Gasteiger partial charge < -0.3 is 5.32 Å². The Morgan fingerprint density at radius 1 is 1.16 bits per heavy atom. The summed E-state index contributed by atoms with van der Waals surface area (Å²) in [7, 11) is -3.78. The van der Waals surface area contributed by atoms with E-state index >= 15 is 0 Å². The van der Waals surface area contributed by atoms with Crippen molar-refractivity contribution in [1.82, 2.24) is 19.5 Å². The molecule has 3 aromatic rings. The Hall–Kier alpha value is -3.53. The van der Waals surface area contributed by atoms with Gasteiger partial charge in [-0.25, -0.2) is 18.1 Å². The van der Waals surface area contributed by atoms with Crippen molar-refractivity contribution in [1.29, 1.82) is 0 Å². The maximum Gasteiger partial charge on any atom is 0.262 e. The van der Waals surface area contributed by atoms with E-state index in [1.807, 2.05) is 32.0 Å². The van der Waals surface area contributed by atoms with Crippen molar-refractivity contribution in [2.24, 2.45) is 4.99 Å². The summed E-state index contributed by atoms with van der Waals surface area (Å²) in [6, 6.07) is 11.6. The van der Waals surface area contributed by atoms with E-state index in [4.69, 9.17) is 0 Å². The first-order chi connectivity index (χ1) is 15.3. The number of sulfonamides is 1. The largest absolute Gasteiger partial charge is 0.322 e. The Bertz CT molecular complexity index is 1270. The molecule has 1 aliphatic rings. The second-order valence-electron chi connectivity index (χ2n) is 7.72. The summed E-state index contributed by atoms with van der Waals surface area (Å²) in [6.45, 7) is 4.56. The van der Waals surface area contributed by atoms with Crippen molar-refractivity contribution >= 4 is 27.5 Å². The first-order valence-corrected chi connectivity index (χ1v) is 11.8. The highest BCUT2D eigenvalue weighted by molar-refractivity contribution is 7.90. The fraction of sp³-hybridized carbons (Fsp3) is 0.273. The number of anilines is 1. The second kappa shape index (κ2) is 8.91. The summed E-state index contributed by atoms with van der Waals surface area (Å²) >= 11 is 0. The zero-order chi connectivity index (χ0) is 22.7. The van der Waals surface area contributed by atoms with E-state index in [0.717, 1.165) is 6.42 Å². The van der Waals surface area contributed by atoms with Crippen LogP contribution in [0.1, 0.15) is 48.7 Å². The van der Waals surface area contributed by atoms with Crippen LogP contribution in [0.5, 0.6) is 0 Å². The van der Waals surface area contributed by atoms with Gasteiger partial charge in [0.15, 0.2) is 5.82 Å². The normalized spacial score (nSPS) is 13.8. The zero-order valence-electron chi connectivity index (χ0n) is 17.8. The summed E-state index contributed by atoms with van der Waals surface area (Å²) in [6.07, 6.45) is 4.60. The van der Waals surface area contributed by atoms with Gasteiger partial charge in [0.1, 0.15) is 5.84 Å². The van der Waals surface area contributed by atoms with Crippen LogP contribution in [0.3, 0.4) is 0 Å². The SMILES string of the molecule is CC(C)c1c(C(=O)Nc2cccc(S(=O)(=O)NC3=NCCC3)c2)cnn1-c1ccccn1. The van der Waals surface area contributed by atoms with Crippen LogP contribution in [-0.4, -0.2) is 41.5 Å². The number of nitrogens with zero attached hydrogens (tertiary/aromatic N) is 4. The van der Waals surface area contributed by atoms with Crippen LogP contribution in [0.25, 0.3) is 5.82 Å². The number of amidine groups is 1. The average Bonchev–Trinajstić information content (AvgIpc) is 3.44. The number of benzene rings is 1. The number of rotatable bonds is 6. The van der Waals surface area contributed by atoms with Crippen LogP contribution in [0.2, 0.25) is 0 Å². The van der Waals surface area contributed by atoms with E-state index in [-0.39, 0.29) is 16.7 Å². The summed E-state index contributed by atoms with van der Waals surface area (Å²) < 4.78 is 29.5. The fourth-order valence-electron chi connectivity index (χ4n) is 3.53. The molecule has 0 saturated heterocycles. The molecule has 0 aliphatic carbocycles. The van der Waals surface area contributed by atoms with Crippen molar-refractivity contribution in [3.8, 4) is 5.82 Å². The summed E-state index contributed by atoms with van der Waals surface area (Å²) in [5.41, 5.74) is 1.48. The molecule has 1 amide bonds. The van der Waals surface area contributed by atoms with Gasteiger partial charge in [0.05, 0.1) is 22.3 Å². The van der Waals surface area contributed by atoms with Crippen LogP contribution in [0.15, 0.2) is 64.7 Å². The van der Waals surface area contributed by atoms with Gasteiger partial charge >= 0.3 is 0 Å². The summed E-state index contributed by atoms with van der Waals surface area (Å²) in [5, 5.41) is 7.15. The molecular weight excluding hydrogens is 428 g/mol. The van der Waals surface area contributed by atoms with Gasteiger partial charge in [-0.3, -0.25) is 14.5 Å². The molecule has 0 atom stereocenters. The van der Waals surface area contributed by atoms with Crippen molar-refractivity contribution < 1.29 is 13.2 Å². The lowest BCUT2D eigenvalue weighted by molar-refractivity contribution is 0.102. The van der Waals surface area contributed by atoms with Crippen molar-refractivity contribution in [3.63, 3.8) is 0 Å². The van der Waals surface area contributed by atoms with Crippen LogP contribution >= 0.6 is 0 Å². The van der Waals surface area contributed by atoms with Gasteiger partial charge in [0.2, 0.25) is 0 Å². The molecule has 10 heteroatoms. The Morgan fingerprint density at radius 3 is 2.69 bits per heavy atom. The molecule has 32 heavy (non-hydrogen) atoms. The van der Waals surface area contributed by atoms with Crippen molar-refractivity contribution in [2.45, 2.75) is 37.5 Å². The van der Waals surface area contributed by atoms with E-state index in [9.17, 15) is 13.2 Å². The summed E-state index contributed by atoms with van der Waals surface area (Å²) in [5.74, 6) is 0.703. The highest BCUT2D eigenvalue weighted by Crippen LogP contribution is 2.24. The molecule has 2 N–H and O–H groups in total. The lowest BCUT2D eigenvalue weighted by Gasteiger charge is -2.13. The zero-order valence-corrected chi connectivity index (χ0v) is 18.6. The number of hydrogen-bond acceptors (Lipinski definition) is 6. The lowest BCUT2D eigenvalue weighted by atomic mass is 10.1. The minimum Gasteiger partial charge on any atom is -0.322 e. The van der Waals surface area contributed by atoms with Gasteiger partial charge in [-0.05, 0) is 42.7 Å². The number of carbonyl (C=O) groups excluding carboxylic acids is 1. The number of pyridine rings is 1. The molecular formula is C22H24N6O3S. The first-order valence-electron chi connectivity index (χ1n) is 10.3. The molecule has 2 aromatic heterocycles. The number of carbonyl (C=O) groups is 1. The minimum atomic E-state index is -3.78. The predicted molar refractivity (Wildman–Crippen MR) is 122 cm³/mol. The summed E-state index contributed by atoms with van der Waals surface area (Å²) in [4.78, 5) is 21.6. The second-order valence-corrected chi connectivity index (χ2v) is 9.40. The number of hydrogen-bond donors (Lipinski definition) is 2. The molecule has 0 saturated carbocycles. The maximum atomic E-state index is 13.1. The molecule has 3 heterocycles. The minimum absolute atomic E-state index is 0.00311. The smallest absolute Gasteiger partial charge is 0.262 e. The van der Waals surface area contributed by atoms with E-state index < -0.39 is 10.0 Å². The van der Waals surface area contributed by atoms with Crippen molar-refractivity contribution in [2.75, 3.05) is 11.9 Å². The van der Waals surface area contributed by atoms with Crippen LogP contribution in [0, 0.1) is 0 Å². The Labute approximate surface area is 186 Å². The lowest BCUT2D eigenvalue weighted by Crippen LogP contribution is -2.29. The third-order valence-corrected chi connectivity index (χ3v) is 6.37. The van der Waals surface area contributed by atoms with E-state index in [1.54, 1.807) is 23.0 Å². The van der Waals surface area contributed by atoms with Gasteiger partial charge in [-0.15, -0.1) is 0 Å². The molecule has 1 aromatic carbocycles. The van der Waals surface area contributed by atoms with Crippen LogP contribution in [0.4, 0.5) is 5.69 Å². The molecule has 0 unspecified atom stereocenters. The molecule has 0 fully saturated rings. The molecule has 166 valence electrons. The molecule has 0 bridgehead atoms. The van der Waals surface area contributed by atoms with Crippen LogP contribution < -0.4 is 10.0 Å². The number of aromatic nitrogens is 3. The highest BCUT2D eigenvalue weighted by Gasteiger charge is 2.23. The highest BCUT2D eigenvalue weighted by atomic mass is 32.2. The monoisotopic (exact) mass is 452 g/mol. The van der Waals surface area contributed by atoms with Gasteiger partial charge in [0, 0.05) is 24.8 Å². The van der Waals surface area contributed by atoms with E-state index in [1.165, 1.54) is 18.3 Å². The Balaban J connectivity index is 1.59. The Kier molecular flexibility index (Phi) is 6.04. The number of nitrogens with one attached hydrogen (secondary N) is 2. The van der Waals surface area contributed by atoms with Crippen molar-refractivity contribution in [3.05, 3.63) is 66.1 Å². The topological polar surface area (TPSA) is 118 Å². The fourth-order valence-corrected chi connectivity index (χ4v) is 4.66. The molecule has 1 aliphatic heterocycles. The Morgan fingerprint density at radius 2 is 2.00 bits per heavy atom. The third-order valence-electron chi connectivity index (χ3n) is 4.99. The molecule has 4 rings (SSSR count). The number of amides is 1. The van der Waals surface area contributed by atoms with Gasteiger partial charge in [-0.2, -0.15) is 5.10 Å². The molecule has 0 spiro atoms. The third kappa shape index (κ3) is 4.54. The quantitative estimate of drug-likeness (QED) is 0.596. The standard InChI is InChI=1S/C22H24N6O3S/c1-15(2)21-18(14-25-28(21)20-10-3-4-11-24-20)22(29)26-16-7-5-8-17(13-16)32(30,31)27-19-9-6-12-23-19/h3-5,7-8,10-11,13-15H,6,9,12H2,1-2H3,(H,23,27)(H,26,29). The van der Waals surface area contributed by atoms with Gasteiger partial charge in [-0.1, -0.05) is 26.0 Å². The predicted octanol–water partition coefficient (Wildman–Crippen LogP) is 3.11. The molecule has 0 radical (unpaired) electrons. The van der Waals surface area contributed by atoms with Crippen LogP contribution in [-0.2, 0) is 10.0 Å². The van der Waals surface area contributed by atoms with Gasteiger partial charge in [0.25, 0.3) is 15.9 Å². The first kappa shape index (κ1) is 21.7. The number of aliphatic imine (C=N–C) groups is 1. The van der Waals surface area contributed by atoms with E-state index in [2.05, 4.69) is 25.1 Å². The average molecular weight is 453 g/mol. The maximum absolute atomic E-state index is 13.1.